The third-order valence-electron chi connectivity index (χ3n) is 6.17. The average Bonchev–Trinajstić information content (AvgIpc) is 3.22. The zero-order valence-electron chi connectivity index (χ0n) is 16.8. The predicted octanol–water partition coefficient (Wildman–Crippen LogP) is 5.39. The van der Waals surface area contributed by atoms with Crippen molar-refractivity contribution in [2.45, 2.75) is 31.5 Å². The standard InChI is InChI=1S/C25H26N2O2/c1-25(2)22-18-28-26(20-14-8-4-9-15-20)23(22)24(19-12-6-3-7-13-19)29-27(25)21-16-10-5-11-17-21/h3-17,22-24H,18H2,1-2H3/t22-,23+,24-/m0/s1. The second-order valence-corrected chi connectivity index (χ2v) is 8.27. The maximum Gasteiger partial charge on any atom is 0.134 e. The van der Waals surface area contributed by atoms with E-state index in [1.807, 2.05) is 18.2 Å². The molecule has 5 rings (SSSR count). The number of fused-ring (bicyclic) bond motifs is 1. The molecule has 0 unspecified atom stereocenters. The predicted molar refractivity (Wildman–Crippen MR) is 115 cm³/mol. The number of nitrogens with zero attached hydrogens (tertiary/aromatic N) is 2. The van der Waals surface area contributed by atoms with Crippen molar-refractivity contribution in [3.05, 3.63) is 96.6 Å². The van der Waals surface area contributed by atoms with E-state index in [9.17, 15) is 0 Å². The van der Waals surface area contributed by atoms with Gasteiger partial charge in [0.25, 0.3) is 0 Å². The Kier molecular flexibility index (Phi) is 4.53. The highest BCUT2D eigenvalue weighted by Crippen LogP contribution is 2.49. The molecular formula is C25H26N2O2. The molecule has 0 aliphatic carbocycles. The summed E-state index contributed by atoms with van der Waals surface area (Å²) in [6, 6.07) is 31.2. The van der Waals surface area contributed by atoms with Gasteiger partial charge in [0, 0.05) is 5.92 Å². The number of anilines is 2. The molecule has 0 aromatic heterocycles. The molecule has 2 saturated heterocycles. The highest BCUT2D eigenvalue weighted by atomic mass is 16.7. The summed E-state index contributed by atoms with van der Waals surface area (Å²) in [5.41, 5.74) is 3.05. The summed E-state index contributed by atoms with van der Waals surface area (Å²) in [5, 5.41) is 4.15. The van der Waals surface area contributed by atoms with Gasteiger partial charge < -0.3 is 0 Å². The Morgan fingerprint density at radius 2 is 1.31 bits per heavy atom. The summed E-state index contributed by atoms with van der Waals surface area (Å²) in [6.07, 6.45) is -0.142. The highest BCUT2D eigenvalue weighted by molar-refractivity contribution is 5.51. The fraction of sp³-hybridized carbons (Fsp3) is 0.280. The van der Waals surface area contributed by atoms with Crippen LogP contribution in [0.4, 0.5) is 11.4 Å². The molecule has 0 N–H and O–H groups in total. The lowest BCUT2D eigenvalue weighted by Crippen LogP contribution is -2.61. The SMILES string of the molecule is CC1(C)[C@H]2CON(c3ccccc3)[C@H]2[C@H](c2ccccc2)ON1c1ccccc1. The van der Waals surface area contributed by atoms with Crippen LogP contribution in [-0.4, -0.2) is 18.2 Å². The van der Waals surface area contributed by atoms with Gasteiger partial charge in [-0.15, -0.1) is 0 Å². The van der Waals surface area contributed by atoms with Crippen LogP contribution in [-0.2, 0) is 9.68 Å². The molecule has 0 amide bonds. The third kappa shape index (κ3) is 3.09. The second-order valence-electron chi connectivity index (χ2n) is 8.27. The fourth-order valence-corrected chi connectivity index (χ4v) is 4.61. The largest absolute Gasteiger partial charge is 0.273 e. The van der Waals surface area contributed by atoms with Gasteiger partial charge in [0.15, 0.2) is 0 Å². The Balaban J connectivity index is 1.60. The van der Waals surface area contributed by atoms with Crippen molar-refractivity contribution < 1.29 is 9.68 Å². The maximum absolute atomic E-state index is 6.75. The van der Waals surface area contributed by atoms with Gasteiger partial charge in [-0.25, -0.2) is 10.1 Å². The van der Waals surface area contributed by atoms with Crippen molar-refractivity contribution in [2.24, 2.45) is 5.92 Å². The van der Waals surface area contributed by atoms with E-state index in [-0.39, 0.29) is 23.6 Å². The van der Waals surface area contributed by atoms with E-state index in [0.29, 0.717) is 6.61 Å². The number of hydrogen-bond acceptors (Lipinski definition) is 4. The summed E-state index contributed by atoms with van der Waals surface area (Å²) in [6.45, 7) is 5.15. The molecule has 0 saturated carbocycles. The van der Waals surface area contributed by atoms with E-state index in [2.05, 4.69) is 96.8 Å². The average molecular weight is 386 g/mol. The van der Waals surface area contributed by atoms with Gasteiger partial charge in [0.05, 0.1) is 29.6 Å². The van der Waals surface area contributed by atoms with Crippen LogP contribution in [0, 0.1) is 5.92 Å². The van der Waals surface area contributed by atoms with Gasteiger partial charge in [0.2, 0.25) is 0 Å². The van der Waals surface area contributed by atoms with Crippen LogP contribution in [0.25, 0.3) is 0 Å². The van der Waals surface area contributed by atoms with Gasteiger partial charge >= 0.3 is 0 Å². The number of hydrogen-bond donors (Lipinski definition) is 0. The lowest BCUT2D eigenvalue weighted by atomic mass is 9.77. The number of rotatable bonds is 3. The Hall–Kier alpha value is -2.82. The van der Waals surface area contributed by atoms with Crippen LogP contribution in [0.5, 0.6) is 0 Å². The lowest BCUT2D eigenvalue weighted by molar-refractivity contribution is -0.0805. The van der Waals surface area contributed by atoms with E-state index < -0.39 is 0 Å². The summed E-state index contributed by atoms with van der Waals surface area (Å²) in [4.78, 5) is 13.0. The molecule has 29 heavy (non-hydrogen) atoms. The number of hydroxylamine groups is 2. The van der Waals surface area contributed by atoms with Gasteiger partial charge in [-0.3, -0.25) is 9.68 Å². The third-order valence-corrected chi connectivity index (χ3v) is 6.17. The molecule has 2 fully saturated rings. The first-order chi connectivity index (χ1) is 14.2. The van der Waals surface area contributed by atoms with Crippen LogP contribution in [0.2, 0.25) is 0 Å². The smallest absolute Gasteiger partial charge is 0.134 e. The van der Waals surface area contributed by atoms with Crippen molar-refractivity contribution in [3.63, 3.8) is 0 Å². The summed E-state index contributed by atoms with van der Waals surface area (Å²) in [5.74, 6) is 0.266. The van der Waals surface area contributed by atoms with Crippen molar-refractivity contribution >= 4 is 11.4 Å². The minimum absolute atomic E-state index is 0.0785. The molecule has 2 aliphatic heterocycles. The summed E-state index contributed by atoms with van der Waals surface area (Å²) < 4.78 is 0. The van der Waals surface area contributed by atoms with Gasteiger partial charge in [-0.1, -0.05) is 66.7 Å². The van der Waals surface area contributed by atoms with E-state index in [4.69, 9.17) is 9.68 Å². The summed E-state index contributed by atoms with van der Waals surface area (Å²) >= 11 is 0. The minimum atomic E-state index is -0.235. The van der Waals surface area contributed by atoms with Crippen molar-refractivity contribution in [1.82, 2.24) is 0 Å². The van der Waals surface area contributed by atoms with Gasteiger partial charge in [-0.05, 0) is 43.7 Å². The van der Waals surface area contributed by atoms with Crippen LogP contribution in [0.1, 0.15) is 25.5 Å². The Bertz CT molecular complexity index is 946. The molecule has 148 valence electrons. The first-order valence-electron chi connectivity index (χ1n) is 10.2. The van der Waals surface area contributed by atoms with Crippen LogP contribution < -0.4 is 10.1 Å². The molecule has 3 aromatic carbocycles. The molecule has 4 heteroatoms. The number of para-hydroxylation sites is 2. The Morgan fingerprint density at radius 3 is 1.93 bits per heavy atom. The highest BCUT2D eigenvalue weighted by Gasteiger charge is 2.56. The normalized spacial score (nSPS) is 25.7. The molecule has 4 nitrogen and oxygen atoms in total. The first-order valence-corrected chi connectivity index (χ1v) is 10.2. The topological polar surface area (TPSA) is 24.9 Å². The van der Waals surface area contributed by atoms with Crippen molar-refractivity contribution in [3.8, 4) is 0 Å². The molecule has 3 aromatic rings. The molecule has 3 atom stereocenters. The van der Waals surface area contributed by atoms with Crippen molar-refractivity contribution in [1.29, 1.82) is 0 Å². The van der Waals surface area contributed by atoms with Crippen LogP contribution >= 0.6 is 0 Å². The van der Waals surface area contributed by atoms with E-state index in [1.165, 1.54) is 0 Å². The maximum atomic E-state index is 6.75. The van der Waals surface area contributed by atoms with Gasteiger partial charge in [-0.2, -0.15) is 0 Å². The van der Waals surface area contributed by atoms with Crippen molar-refractivity contribution in [2.75, 3.05) is 16.7 Å². The van der Waals surface area contributed by atoms with E-state index in [1.54, 1.807) is 0 Å². The molecule has 0 radical (unpaired) electrons. The quantitative estimate of drug-likeness (QED) is 0.602. The zero-order valence-corrected chi connectivity index (χ0v) is 16.8. The minimum Gasteiger partial charge on any atom is -0.273 e. The van der Waals surface area contributed by atoms with E-state index >= 15 is 0 Å². The molecule has 0 bridgehead atoms. The van der Waals surface area contributed by atoms with Crippen LogP contribution in [0.3, 0.4) is 0 Å². The van der Waals surface area contributed by atoms with Crippen LogP contribution in [0.15, 0.2) is 91.0 Å². The van der Waals surface area contributed by atoms with E-state index in [0.717, 1.165) is 16.9 Å². The first kappa shape index (κ1) is 18.2. The Morgan fingerprint density at radius 1 is 0.759 bits per heavy atom. The number of benzene rings is 3. The zero-order chi connectivity index (χ0) is 19.8. The summed E-state index contributed by atoms with van der Waals surface area (Å²) in [7, 11) is 0. The molecule has 2 aliphatic rings. The molecular weight excluding hydrogens is 360 g/mol. The monoisotopic (exact) mass is 386 g/mol. The fourth-order valence-electron chi connectivity index (χ4n) is 4.61. The lowest BCUT2D eigenvalue weighted by Gasteiger charge is -2.52. The Labute approximate surface area is 172 Å². The molecule has 2 heterocycles. The molecule has 0 spiro atoms. The second kappa shape index (κ2) is 7.21. The van der Waals surface area contributed by atoms with Gasteiger partial charge in [0.1, 0.15) is 6.10 Å².